The molecule has 0 amide bonds. The number of aromatic nitrogens is 2. The minimum atomic E-state index is -4.76. The molecule has 0 unspecified atom stereocenters. The molecule has 0 aliphatic rings. The van der Waals surface area contributed by atoms with Crippen LogP contribution in [0.2, 0.25) is 0 Å². The lowest BCUT2D eigenvalue weighted by Gasteiger charge is -2.11. The van der Waals surface area contributed by atoms with Crippen LogP contribution in [-0.4, -0.2) is 10.2 Å². The summed E-state index contributed by atoms with van der Waals surface area (Å²) in [4.78, 5) is 11.5. The first-order valence-electron chi connectivity index (χ1n) is 5.69. The highest BCUT2D eigenvalue weighted by Crippen LogP contribution is 2.32. The van der Waals surface area contributed by atoms with Gasteiger partial charge in [0.05, 0.1) is 11.3 Å². The summed E-state index contributed by atoms with van der Waals surface area (Å²) < 4.78 is 51.6. The minimum absolute atomic E-state index is 0.163. The Balaban J connectivity index is 2.45. The number of halogens is 4. The summed E-state index contributed by atoms with van der Waals surface area (Å²) in [5.74, 6) is -1.35. The van der Waals surface area contributed by atoms with Gasteiger partial charge in [-0.1, -0.05) is 12.1 Å². The van der Waals surface area contributed by atoms with E-state index in [0.29, 0.717) is 11.8 Å². The molecule has 0 bridgehead atoms. The van der Waals surface area contributed by atoms with Crippen LogP contribution in [0.15, 0.2) is 29.1 Å². The third kappa shape index (κ3) is 2.87. The van der Waals surface area contributed by atoms with E-state index in [2.05, 4.69) is 10.2 Å². The summed E-state index contributed by atoms with van der Waals surface area (Å²) in [6, 6.07) is 4.42. The van der Waals surface area contributed by atoms with E-state index in [0.717, 1.165) is 6.07 Å². The van der Waals surface area contributed by atoms with Crippen molar-refractivity contribution in [3.8, 4) is 0 Å². The normalized spacial score (nSPS) is 11.7. The Morgan fingerprint density at radius 3 is 2.60 bits per heavy atom. The molecular weight excluding hydrogens is 276 g/mol. The van der Waals surface area contributed by atoms with Gasteiger partial charge >= 0.3 is 6.18 Å². The standard InChI is InChI=1S/C13H10F4N2O/c1-7-5-9(12(20)19-18-7)6-8-3-2-4-10(11(8)14)13(15,16)17/h2-5H,6H2,1H3,(H,19,20). The number of hydrogen-bond donors (Lipinski definition) is 1. The summed E-state index contributed by atoms with van der Waals surface area (Å²) in [5.41, 5.74) is -1.41. The molecule has 2 rings (SSSR count). The molecule has 20 heavy (non-hydrogen) atoms. The molecule has 106 valence electrons. The van der Waals surface area contributed by atoms with E-state index >= 15 is 0 Å². The molecule has 0 aliphatic carbocycles. The largest absolute Gasteiger partial charge is 0.419 e. The molecule has 0 aliphatic heterocycles. The molecule has 1 N–H and O–H groups in total. The van der Waals surface area contributed by atoms with Crippen LogP contribution < -0.4 is 5.56 Å². The van der Waals surface area contributed by atoms with Crippen LogP contribution in [0.1, 0.15) is 22.4 Å². The fourth-order valence-electron chi connectivity index (χ4n) is 1.83. The van der Waals surface area contributed by atoms with Gasteiger partial charge in [-0.25, -0.2) is 9.49 Å². The van der Waals surface area contributed by atoms with E-state index in [-0.39, 0.29) is 17.5 Å². The molecule has 1 aromatic carbocycles. The van der Waals surface area contributed by atoms with Gasteiger partial charge in [-0.15, -0.1) is 0 Å². The van der Waals surface area contributed by atoms with Crippen LogP contribution in [0.3, 0.4) is 0 Å². The van der Waals surface area contributed by atoms with E-state index in [1.807, 2.05) is 0 Å². The van der Waals surface area contributed by atoms with Crippen LogP contribution in [0.5, 0.6) is 0 Å². The lowest BCUT2D eigenvalue weighted by atomic mass is 10.0. The molecule has 0 spiro atoms. The number of alkyl halides is 3. The van der Waals surface area contributed by atoms with Crippen molar-refractivity contribution in [2.75, 3.05) is 0 Å². The van der Waals surface area contributed by atoms with Gasteiger partial charge in [-0.2, -0.15) is 18.3 Å². The van der Waals surface area contributed by atoms with E-state index in [1.54, 1.807) is 6.92 Å². The predicted octanol–water partition coefficient (Wildman–Crippen LogP) is 2.83. The maximum atomic E-state index is 13.8. The zero-order valence-electron chi connectivity index (χ0n) is 10.4. The van der Waals surface area contributed by atoms with Crippen molar-refractivity contribution in [1.82, 2.24) is 10.2 Å². The van der Waals surface area contributed by atoms with E-state index in [9.17, 15) is 22.4 Å². The van der Waals surface area contributed by atoms with Crippen LogP contribution in [0, 0.1) is 12.7 Å². The molecule has 0 atom stereocenters. The summed E-state index contributed by atoms with van der Waals surface area (Å²) in [5, 5.41) is 5.85. The second-order valence-electron chi connectivity index (χ2n) is 4.32. The molecular formula is C13H10F4N2O. The summed E-state index contributed by atoms with van der Waals surface area (Å²) >= 11 is 0. The fourth-order valence-corrected chi connectivity index (χ4v) is 1.83. The third-order valence-corrected chi connectivity index (χ3v) is 2.77. The second-order valence-corrected chi connectivity index (χ2v) is 4.32. The lowest BCUT2D eigenvalue weighted by molar-refractivity contribution is -0.140. The molecule has 7 heteroatoms. The van der Waals surface area contributed by atoms with Gasteiger partial charge in [0.2, 0.25) is 0 Å². The van der Waals surface area contributed by atoms with Gasteiger partial charge in [0.15, 0.2) is 0 Å². The molecule has 0 saturated carbocycles. The maximum absolute atomic E-state index is 13.8. The highest BCUT2D eigenvalue weighted by atomic mass is 19.4. The highest BCUT2D eigenvalue weighted by Gasteiger charge is 2.34. The number of hydrogen-bond acceptors (Lipinski definition) is 2. The van der Waals surface area contributed by atoms with Gasteiger partial charge in [-0.3, -0.25) is 4.79 Å². The molecule has 0 radical (unpaired) electrons. The van der Waals surface area contributed by atoms with E-state index in [1.165, 1.54) is 12.1 Å². The van der Waals surface area contributed by atoms with Gasteiger partial charge in [0.25, 0.3) is 5.56 Å². The molecule has 1 aromatic heterocycles. The zero-order valence-corrected chi connectivity index (χ0v) is 10.4. The molecule has 0 saturated heterocycles. The number of rotatable bonds is 2. The minimum Gasteiger partial charge on any atom is -0.268 e. The Morgan fingerprint density at radius 2 is 1.95 bits per heavy atom. The van der Waals surface area contributed by atoms with Gasteiger partial charge in [0, 0.05) is 12.0 Å². The number of aryl methyl sites for hydroxylation is 1. The number of aromatic amines is 1. The average molecular weight is 286 g/mol. The van der Waals surface area contributed by atoms with E-state index in [4.69, 9.17) is 0 Å². The monoisotopic (exact) mass is 286 g/mol. The van der Waals surface area contributed by atoms with Crippen molar-refractivity contribution in [1.29, 1.82) is 0 Å². The fraction of sp³-hybridized carbons (Fsp3) is 0.231. The number of benzene rings is 1. The SMILES string of the molecule is Cc1cc(Cc2cccc(C(F)(F)F)c2F)c(=O)[nH]n1. The lowest BCUT2D eigenvalue weighted by Crippen LogP contribution is -2.16. The number of nitrogens with one attached hydrogen (secondary N) is 1. The van der Waals surface area contributed by atoms with Gasteiger partial charge in [-0.05, 0) is 24.6 Å². The Kier molecular flexibility index (Phi) is 3.61. The summed E-state index contributed by atoms with van der Waals surface area (Å²) in [6.45, 7) is 1.61. The van der Waals surface area contributed by atoms with E-state index < -0.39 is 23.1 Å². The predicted molar refractivity (Wildman–Crippen MR) is 63.8 cm³/mol. The zero-order chi connectivity index (χ0) is 14.9. The number of nitrogens with zero attached hydrogens (tertiary/aromatic N) is 1. The van der Waals surface area contributed by atoms with Gasteiger partial charge < -0.3 is 0 Å². The Labute approximate surface area is 111 Å². The Morgan fingerprint density at radius 1 is 1.25 bits per heavy atom. The highest BCUT2D eigenvalue weighted by molar-refractivity contribution is 5.32. The van der Waals surface area contributed by atoms with Crippen molar-refractivity contribution in [2.45, 2.75) is 19.5 Å². The maximum Gasteiger partial charge on any atom is 0.419 e. The summed E-state index contributed by atoms with van der Waals surface area (Å²) in [6.07, 6.45) is -4.99. The van der Waals surface area contributed by atoms with Crippen molar-refractivity contribution in [3.63, 3.8) is 0 Å². The summed E-state index contributed by atoms with van der Waals surface area (Å²) in [7, 11) is 0. The van der Waals surface area contributed by atoms with Crippen LogP contribution >= 0.6 is 0 Å². The molecule has 0 fully saturated rings. The van der Waals surface area contributed by atoms with Crippen molar-refractivity contribution in [3.05, 3.63) is 62.8 Å². The topological polar surface area (TPSA) is 45.8 Å². The van der Waals surface area contributed by atoms with Crippen molar-refractivity contribution in [2.24, 2.45) is 0 Å². The number of H-pyrrole nitrogens is 1. The quantitative estimate of drug-likeness (QED) is 0.863. The van der Waals surface area contributed by atoms with Crippen LogP contribution in [0.4, 0.5) is 17.6 Å². The Hall–Kier alpha value is -2.18. The first kappa shape index (κ1) is 14.2. The van der Waals surface area contributed by atoms with Crippen LogP contribution in [0.25, 0.3) is 0 Å². The second kappa shape index (κ2) is 5.07. The third-order valence-electron chi connectivity index (χ3n) is 2.77. The van der Waals surface area contributed by atoms with Gasteiger partial charge in [0.1, 0.15) is 5.82 Å². The molecule has 1 heterocycles. The Bertz CT molecular complexity index is 692. The molecule has 2 aromatic rings. The average Bonchev–Trinajstić information content (AvgIpc) is 2.35. The van der Waals surface area contributed by atoms with Crippen molar-refractivity contribution >= 4 is 0 Å². The smallest absolute Gasteiger partial charge is 0.268 e. The molecule has 3 nitrogen and oxygen atoms in total. The first-order chi connectivity index (χ1) is 9.29. The van der Waals surface area contributed by atoms with Crippen molar-refractivity contribution < 1.29 is 17.6 Å². The van der Waals surface area contributed by atoms with Crippen LogP contribution in [-0.2, 0) is 12.6 Å². The first-order valence-corrected chi connectivity index (χ1v) is 5.69.